The van der Waals surface area contributed by atoms with Crippen LogP contribution < -0.4 is 5.32 Å². The lowest BCUT2D eigenvalue weighted by Crippen LogP contribution is -2.31. The van der Waals surface area contributed by atoms with Crippen molar-refractivity contribution in [3.63, 3.8) is 0 Å². The molecule has 1 aliphatic heterocycles. The molecular weight excluding hydrogens is 236 g/mol. The summed E-state index contributed by atoms with van der Waals surface area (Å²) in [5.41, 5.74) is 3.73. The highest BCUT2D eigenvalue weighted by molar-refractivity contribution is 5.57. The van der Waals surface area contributed by atoms with E-state index in [1.54, 1.807) is 0 Å². The fraction of sp³-hybridized carbons (Fsp3) is 0.400. The Morgan fingerprint density at radius 1 is 1.21 bits per heavy atom. The third-order valence-corrected chi connectivity index (χ3v) is 3.66. The van der Waals surface area contributed by atoms with Crippen molar-refractivity contribution < 1.29 is 0 Å². The molecule has 1 N–H and O–H groups in total. The second-order valence-electron chi connectivity index (χ2n) is 5.11. The molecule has 2 heterocycles. The maximum absolute atomic E-state index is 4.86. The number of aromatic nitrogens is 2. The van der Waals surface area contributed by atoms with Crippen LogP contribution in [0.1, 0.15) is 11.4 Å². The topological polar surface area (TPSA) is 33.1 Å². The number of hydrogen-bond acceptors (Lipinski definition) is 3. The summed E-state index contributed by atoms with van der Waals surface area (Å²) in [6.45, 7) is 3.92. The zero-order valence-electron chi connectivity index (χ0n) is 11.6. The first kappa shape index (κ1) is 12.4. The Labute approximate surface area is 114 Å². The summed E-state index contributed by atoms with van der Waals surface area (Å²) < 4.78 is 2.38. The van der Waals surface area contributed by atoms with Crippen LogP contribution in [-0.2, 0) is 19.6 Å². The predicted molar refractivity (Wildman–Crippen MR) is 76.8 cm³/mol. The molecule has 0 spiro atoms. The molecule has 0 atom stereocenters. The molecule has 0 radical (unpaired) electrons. The Kier molecular flexibility index (Phi) is 3.36. The maximum atomic E-state index is 4.86. The van der Waals surface area contributed by atoms with Gasteiger partial charge in [-0.15, -0.1) is 0 Å². The molecule has 0 unspecified atom stereocenters. The Hall–Kier alpha value is -1.65. The first-order valence-electron chi connectivity index (χ1n) is 6.76. The molecule has 19 heavy (non-hydrogen) atoms. The van der Waals surface area contributed by atoms with E-state index >= 15 is 0 Å². The van der Waals surface area contributed by atoms with Gasteiger partial charge in [-0.1, -0.05) is 30.3 Å². The van der Waals surface area contributed by atoms with E-state index in [1.807, 2.05) is 13.1 Å². The summed E-state index contributed by atoms with van der Waals surface area (Å²) >= 11 is 0. The summed E-state index contributed by atoms with van der Waals surface area (Å²) in [4.78, 5) is 7.21. The van der Waals surface area contributed by atoms with Gasteiger partial charge >= 0.3 is 0 Å². The Morgan fingerprint density at radius 3 is 2.74 bits per heavy atom. The van der Waals surface area contributed by atoms with Crippen LogP contribution in [0.4, 0.5) is 0 Å². The minimum atomic E-state index is 0.829. The van der Waals surface area contributed by atoms with Gasteiger partial charge < -0.3 is 9.88 Å². The van der Waals surface area contributed by atoms with Crippen LogP contribution in [-0.4, -0.2) is 35.1 Å². The molecule has 0 fully saturated rings. The van der Waals surface area contributed by atoms with Crippen molar-refractivity contribution >= 4 is 0 Å². The van der Waals surface area contributed by atoms with Crippen molar-refractivity contribution in [2.24, 2.45) is 0 Å². The molecule has 0 saturated carbocycles. The van der Waals surface area contributed by atoms with E-state index in [0.29, 0.717) is 0 Å². The Morgan fingerprint density at radius 2 is 2.00 bits per heavy atom. The molecule has 0 saturated heterocycles. The number of benzene rings is 1. The van der Waals surface area contributed by atoms with Gasteiger partial charge in [-0.2, -0.15) is 0 Å². The molecule has 1 aromatic carbocycles. The summed E-state index contributed by atoms with van der Waals surface area (Å²) in [5, 5.41) is 3.22. The van der Waals surface area contributed by atoms with Gasteiger partial charge in [0.2, 0.25) is 0 Å². The summed E-state index contributed by atoms with van der Waals surface area (Å²) in [5.74, 6) is 1.11. The number of hydrogen-bond donors (Lipinski definition) is 1. The third kappa shape index (κ3) is 2.29. The number of rotatable bonds is 3. The summed E-state index contributed by atoms with van der Waals surface area (Å²) in [6, 6.07) is 10.5. The van der Waals surface area contributed by atoms with E-state index in [2.05, 4.69) is 46.1 Å². The molecule has 1 aromatic heterocycles. The molecule has 0 aliphatic carbocycles. The molecule has 0 bridgehead atoms. The zero-order valence-corrected chi connectivity index (χ0v) is 11.6. The maximum Gasteiger partial charge on any atom is 0.140 e. The minimum Gasteiger partial charge on any atom is -0.325 e. The van der Waals surface area contributed by atoms with Crippen LogP contribution in [0.2, 0.25) is 0 Å². The normalized spacial score (nSPS) is 15.5. The number of likely N-dealkylation sites (N-methyl/N-ethyl adjacent to an activating group) is 1. The smallest absolute Gasteiger partial charge is 0.140 e. The van der Waals surface area contributed by atoms with Crippen LogP contribution in [0.25, 0.3) is 11.4 Å². The van der Waals surface area contributed by atoms with Crippen LogP contribution in [0.5, 0.6) is 0 Å². The predicted octanol–water partition coefficient (Wildman–Crippen LogP) is 1.71. The number of nitrogens with zero attached hydrogens (tertiary/aromatic N) is 3. The van der Waals surface area contributed by atoms with Gasteiger partial charge in [0, 0.05) is 31.7 Å². The van der Waals surface area contributed by atoms with Crippen LogP contribution in [0.15, 0.2) is 30.3 Å². The van der Waals surface area contributed by atoms with E-state index in [4.69, 9.17) is 4.98 Å². The van der Waals surface area contributed by atoms with Crippen molar-refractivity contribution in [1.82, 2.24) is 19.8 Å². The van der Waals surface area contributed by atoms with E-state index in [9.17, 15) is 0 Å². The fourth-order valence-electron chi connectivity index (χ4n) is 2.68. The van der Waals surface area contributed by atoms with Crippen molar-refractivity contribution in [3.05, 3.63) is 41.7 Å². The third-order valence-electron chi connectivity index (χ3n) is 3.66. The molecule has 4 nitrogen and oxygen atoms in total. The van der Waals surface area contributed by atoms with E-state index in [-0.39, 0.29) is 0 Å². The lowest BCUT2D eigenvalue weighted by molar-refractivity contribution is 0.269. The molecule has 2 aromatic rings. The SMILES string of the molecule is CNCc1nc(-c2ccccc2)n2c1CN(C)CC2. The molecule has 100 valence electrons. The zero-order chi connectivity index (χ0) is 13.2. The quantitative estimate of drug-likeness (QED) is 0.907. The molecular formula is C15H20N4. The highest BCUT2D eigenvalue weighted by atomic mass is 15.2. The van der Waals surface area contributed by atoms with E-state index < -0.39 is 0 Å². The van der Waals surface area contributed by atoms with Gasteiger partial charge in [-0.05, 0) is 14.1 Å². The summed E-state index contributed by atoms with van der Waals surface area (Å²) in [6.07, 6.45) is 0. The van der Waals surface area contributed by atoms with Crippen LogP contribution in [0, 0.1) is 0 Å². The molecule has 3 rings (SSSR count). The highest BCUT2D eigenvalue weighted by Gasteiger charge is 2.22. The van der Waals surface area contributed by atoms with E-state index in [1.165, 1.54) is 17.0 Å². The van der Waals surface area contributed by atoms with Gasteiger partial charge in [0.25, 0.3) is 0 Å². The van der Waals surface area contributed by atoms with Gasteiger partial charge in [0.05, 0.1) is 11.4 Å². The molecule has 4 heteroatoms. The number of imidazole rings is 1. The Balaban J connectivity index is 2.08. The molecule has 0 amide bonds. The van der Waals surface area contributed by atoms with Gasteiger partial charge in [-0.3, -0.25) is 4.90 Å². The lowest BCUT2D eigenvalue weighted by Gasteiger charge is -2.26. The standard InChI is InChI=1S/C15H20N4/c1-16-10-13-14-11-18(2)8-9-19(14)15(17-13)12-6-4-3-5-7-12/h3-7,16H,8-11H2,1-2H3. The Bertz CT molecular complexity index is 559. The van der Waals surface area contributed by atoms with Crippen molar-refractivity contribution in [3.8, 4) is 11.4 Å². The molecule has 1 aliphatic rings. The van der Waals surface area contributed by atoms with Gasteiger partial charge in [-0.25, -0.2) is 4.98 Å². The first-order valence-corrected chi connectivity index (χ1v) is 6.76. The van der Waals surface area contributed by atoms with E-state index in [0.717, 1.165) is 32.0 Å². The van der Waals surface area contributed by atoms with Crippen molar-refractivity contribution in [2.45, 2.75) is 19.6 Å². The number of fused-ring (bicyclic) bond motifs is 1. The fourth-order valence-corrected chi connectivity index (χ4v) is 2.68. The lowest BCUT2D eigenvalue weighted by atomic mass is 10.2. The second-order valence-corrected chi connectivity index (χ2v) is 5.11. The average molecular weight is 256 g/mol. The van der Waals surface area contributed by atoms with Crippen molar-refractivity contribution in [2.75, 3.05) is 20.6 Å². The van der Waals surface area contributed by atoms with Crippen LogP contribution in [0.3, 0.4) is 0 Å². The first-order chi connectivity index (χ1) is 9.29. The second kappa shape index (κ2) is 5.15. The van der Waals surface area contributed by atoms with Crippen LogP contribution >= 0.6 is 0 Å². The minimum absolute atomic E-state index is 0.829. The monoisotopic (exact) mass is 256 g/mol. The van der Waals surface area contributed by atoms with Gasteiger partial charge in [0.1, 0.15) is 5.82 Å². The van der Waals surface area contributed by atoms with Crippen molar-refractivity contribution in [1.29, 1.82) is 0 Å². The largest absolute Gasteiger partial charge is 0.325 e. The highest BCUT2D eigenvalue weighted by Crippen LogP contribution is 2.25. The average Bonchev–Trinajstić information content (AvgIpc) is 2.79. The van der Waals surface area contributed by atoms with Gasteiger partial charge in [0.15, 0.2) is 0 Å². The summed E-state index contributed by atoms with van der Waals surface area (Å²) in [7, 11) is 4.14. The number of nitrogens with one attached hydrogen (secondary N) is 1.